The first-order valence-electron chi connectivity index (χ1n) is 10.5. The highest BCUT2D eigenvalue weighted by Gasteiger charge is 2.24. The zero-order valence-electron chi connectivity index (χ0n) is 18.7. The van der Waals surface area contributed by atoms with Crippen molar-refractivity contribution in [2.45, 2.75) is 31.2 Å². The molecular weight excluding hydrogens is 437 g/mol. The summed E-state index contributed by atoms with van der Waals surface area (Å²) in [5.41, 5.74) is 5.12. The molecule has 4 aromatic rings. The van der Waals surface area contributed by atoms with Crippen LogP contribution in [0.25, 0.3) is 10.9 Å². The Morgan fingerprint density at radius 2 is 1.85 bits per heavy atom. The van der Waals surface area contributed by atoms with Crippen molar-refractivity contribution in [1.82, 2.24) is 4.98 Å². The number of aryl methyl sites for hydroxylation is 2. The average Bonchev–Trinajstić information content (AvgIpc) is 2.81. The molecule has 0 fully saturated rings. The van der Waals surface area contributed by atoms with Gasteiger partial charge in [0.15, 0.2) is 0 Å². The molecule has 1 heterocycles. The van der Waals surface area contributed by atoms with Crippen LogP contribution in [0.1, 0.15) is 32.6 Å². The van der Waals surface area contributed by atoms with Crippen LogP contribution < -0.4 is 4.74 Å². The lowest BCUT2D eigenvalue weighted by atomic mass is 10.1. The third kappa shape index (κ3) is 5.17. The summed E-state index contributed by atoms with van der Waals surface area (Å²) in [6.45, 7) is 4.39. The molecule has 0 unspecified atom stereocenters. The first-order chi connectivity index (χ1) is 16.0. The third-order valence-corrected chi connectivity index (χ3v) is 6.38. The van der Waals surface area contributed by atoms with E-state index in [1.807, 2.05) is 56.3 Å². The Morgan fingerprint density at radius 1 is 1.03 bits per heavy atom. The van der Waals surface area contributed by atoms with Crippen LogP contribution in [0.5, 0.6) is 5.75 Å². The molecule has 0 atom stereocenters. The molecule has 0 aliphatic carbocycles. The maximum Gasteiger partial charge on any atom is 0.344 e. The number of rotatable bonds is 7. The smallest absolute Gasteiger partial charge is 0.344 e. The van der Waals surface area contributed by atoms with Crippen molar-refractivity contribution < 1.29 is 18.7 Å². The van der Waals surface area contributed by atoms with Crippen molar-refractivity contribution in [3.05, 3.63) is 100 Å². The highest BCUT2D eigenvalue weighted by molar-refractivity contribution is 7.98. The van der Waals surface area contributed by atoms with Crippen molar-refractivity contribution >= 4 is 28.6 Å². The summed E-state index contributed by atoms with van der Waals surface area (Å²) >= 11 is 1.35. The first kappa shape index (κ1) is 22.8. The van der Waals surface area contributed by atoms with E-state index in [0.29, 0.717) is 28.7 Å². The molecule has 6 heteroatoms. The van der Waals surface area contributed by atoms with Gasteiger partial charge in [-0.15, -0.1) is 11.8 Å². The maximum atomic E-state index is 13.6. The molecule has 4 nitrogen and oxygen atoms in total. The van der Waals surface area contributed by atoms with Gasteiger partial charge in [-0.25, -0.2) is 14.2 Å². The number of pyridine rings is 1. The van der Waals surface area contributed by atoms with Gasteiger partial charge in [-0.05, 0) is 54.8 Å². The van der Waals surface area contributed by atoms with Crippen molar-refractivity contribution in [2.75, 3.05) is 7.11 Å². The summed E-state index contributed by atoms with van der Waals surface area (Å²) in [5.74, 6) is 0.0638. The van der Waals surface area contributed by atoms with Gasteiger partial charge in [0.05, 0.1) is 12.6 Å². The summed E-state index contributed by atoms with van der Waals surface area (Å²) in [6.07, 6.45) is 0. The number of aromatic nitrogens is 1. The Labute approximate surface area is 196 Å². The van der Waals surface area contributed by atoms with Crippen LogP contribution in [0.15, 0.2) is 71.8 Å². The zero-order chi connectivity index (χ0) is 23.4. The highest BCUT2D eigenvalue weighted by atomic mass is 32.2. The SMILES string of the molecule is COC(=O)c1c(SCc2cccc(F)c2)nc2ccccc2c1OCc1ccc(C)cc1C. The van der Waals surface area contributed by atoms with Crippen LogP contribution >= 0.6 is 11.8 Å². The summed E-state index contributed by atoms with van der Waals surface area (Å²) < 4.78 is 25.0. The minimum atomic E-state index is -0.523. The molecule has 3 aromatic carbocycles. The zero-order valence-corrected chi connectivity index (χ0v) is 19.5. The van der Waals surface area contributed by atoms with Crippen molar-refractivity contribution in [3.63, 3.8) is 0 Å². The lowest BCUT2D eigenvalue weighted by Crippen LogP contribution is -2.10. The number of benzene rings is 3. The molecule has 1 aromatic heterocycles. The van der Waals surface area contributed by atoms with Crippen molar-refractivity contribution in [3.8, 4) is 5.75 Å². The van der Waals surface area contributed by atoms with Gasteiger partial charge >= 0.3 is 5.97 Å². The molecule has 168 valence electrons. The van der Waals surface area contributed by atoms with Crippen molar-refractivity contribution in [1.29, 1.82) is 0 Å². The van der Waals surface area contributed by atoms with Gasteiger partial charge in [-0.1, -0.05) is 48.0 Å². The highest BCUT2D eigenvalue weighted by Crippen LogP contribution is 2.37. The first-order valence-corrected chi connectivity index (χ1v) is 11.5. The van der Waals surface area contributed by atoms with Gasteiger partial charge in [0.1, 0.15) is 28.8 Å². The van der Waals surface area contributed by atoms with Gasteiger partial charge in [-0.3, -0.25) is 0 Å². The number of nitrogens with zero attached hydrogens (tertiary/aromatic N) is 1. The van der Waals surface area contributed by atoms with Gasteiger partial charge in [-0.2, -0.15) is 0 Å². The number of thioether (sulfide) groups is 1. The number of esters is 1. The second-order valence-electron chi connectivity index (χ2n) is 7.77. The average molecular weight is 462 g/mol. The molecule has 0 amide bonds. The van der Waals surface area contributed by atoms with E-state index in [1.54, 1.807) is 6.07 Å². The molecule has 0 aliphatic heterocycles. The number of hydrogen-bond donors (Lipinski definition) is 0. The maximum absolute atomic E-state index is 13.6. The normalized spacial score (nSPS) is 10.9. The van der Waals surface area contributed by atoms with Crippen molar-refractivity contribution in [2.24, 2.45) is 0 Å². The number of carbonyl (C=O) groups is 1. The lowest BCUT2D eigenvalue weighted by Gasteiger charge is -2.17. The van der Waals surface area contributed by atoms with Gasteiger partial charge in [0.25, 0.3) is 0 Å². The molecule has 33 heavy (non-hydrogen) atoms. The fourth-order valence-electron chi connectivity index (χ4n) is 3.63. The minimum Gasteiger partial charge on any atom is -0.487 e. The number of fused-ring (bicyclic) bond motifs is 1. The minimum absolute atomic E-state index is 0.280. The predicted molar refractivity (Wildman–Crippen MR) is 129 cm³/mol. The molecular formula is C27H24FNO3S. The summed E-state index contributed by atoms with van der Waals surface area (Å²) in [4.78, 5) is 17.6. The summed E-state index contributed by atoms with van der Waals surface area (Å²) in [5, 5.41) is 1.22. The molecule has 4 rings (SSSR count). The van der Waals surface area contributed by atoms with Crippen LogP contribution in [0.2, 0.25) is 0 Å². The Kier molecular flexibility index (Phi) is 6.94. The third-order valence-electron chi connectivity index (χ3n) is 5.34. The molecule has 0 aliphatic rings. The Balaban J connectivity index is 1.76. The number of hydrogen-bond acceptors (Lipinski definition) is 5. The van der Waals surface area contributed by atoms with E-state index in [2.05, 4.69) is 6.07 Å². The fourth-order valence-corrected chi connectivity index (χ4v) is 4.60. The van der Waals surface area contributed by atoms with E-state index in [9.17, 15) is 9.18 Å². The summed E-state index contributed by atoms with van der Waals surface area (Å²) in [7, 11) is 1.34. The number of methoxy groups -OCH3 is 1. The Bertz CT molecular complexity index is 1320. The van der Waals surface area contributed by atoms with E-state index in [1.165, 1.54) is 36.6 Å². The van der Waals surface area contributed by atoms with Crippen LogP contribution in [0.4, 0.5) is 4.39 Å². The molecule has 0 N–H and O–H groups in total. The van der Waals surface area contributed by atoms with Crippen LogP contribution in [0, 0.1) is 19.7 Å². The quantitative estimate of drug-likeness (QED) is 0.228. The monoisotopic (exact) mass is 461 g/mol. The van der Waals surface area contributed by atoms with Crippen LogP contribution in [-0.2, 0) is 17.1 Å². The molecule has 0 saturated carbocycles. The second kappa shape index (κ2) is 10.0. The van der Waals surface area contributed by atoms with E-state index < -0.39 is 5.97 Å². The number of halogens is 1. The molecule has 0 saturated heterocycles. The number of carbonyl (C=O) groups excluding carboxylic acids is 1. The van der Waals surface area contributed by atoms with E-state index in [0.717, 1.165) is 22.1 Å². The Morgan fingerprint density at radius 3 is 2.61 bits per heavy atom. The van der Waals surface area contributed by atoms with Gasteiger partial charge in [0, 0.05) is 11.1 Å². The van der Waals surface area contributed by atoms with E-state index in [-0.39, 0.29) is 11.4 Å². The number of ether oxygens (including phenoxy) is 2. The second-order valence-corrected chi connectivity index (χ2v) is 8.73. The topological polar surface area (TPSA) is 48.4 Å². The van der Waals surface area contributed by atoms with Crippen LogP contribution in [0.3, 0.4) is 0 Å². The Hall–Kier alpha value is -3.38. The fraction of sp³-hybridized carbons (Fsp3) is 0.185. The summed E-state index contributed by atoms with van der Waals surface area (Å²) in [6, 6.07) is 20.1. The van der Waals surface area contributed by atoms with Crippen LogP contribution in [-0.4, -0.2) is 18.1 Å². The predicted octanol–water partition coefficient (Wildman–Crippen LogP) is 6.65. The molecule has 0 bridgehead atoms. The standard InChI is InChI=1S/C27H24FNO3S/c1-17-11-12-20(18(2)13-17)15-32-25-22-9-4-5-10-23(22)29-26(24(25)27(30)31-3)33-16-19-7-6-8-21(28)14-19/h4-14H,15-16H2,1-3H3. The lowest BCUT2D eigenvalue weighted by molar-refractivity contribution is 0.0590. The largest absolute Gasteiger partial charge is 0.487 e. The van der Waals surface area contributed by atoms with Gasteiger partial charge < -0.3 is 9.47 Å². The van der Waals surface area contributed by atoms with Gasteiger partial charge in [0.2, 0.25) is 0 Å². The molecule has 0 spiro atoms. The number of para-hydroxylation sites is 1. The van der Waals surface area contributed by atoms with E-state index in [4.69, 9.17) is 14.5 Å². The van der Waals surface area contributed by atoms with E-state index >= 15 is 0 Å². The molecule has 0 radical (unpaired) electrons.